The summed E-state index contributed by atoms with van der Waals surface area (Å²) < 4.78 is 13.4. The average Bonchev–Trinajstić information content (AvgIpc) is 2.28. The Hall–Kier alpha value is -2.11. The van der Waals surface area contributed by atoms with Gasteiger partial charge in [0.25, 0.3) is 0 Å². The number of urea groups is 1. The van der Waals surface area contributed by atoms with E-state index in [4.69, 9.17) is 0 Å². The molecule has 0 radical (unpaired) electrons. The minimum absolute atomic E-state index is 0.170. The van der Waals surface area contributed by atoms with E-state index in [1.165, 1.54) is 6.07 Å². The van der Waals surface area contributed by atoms with E-state index in [2.05, 4.69) is 16.0 Å². The van der Waals surface area contributed by atoms with Crippen LogP contribution >= 0.6 is 0 Å². The number of carbonyl (C=O) groups excluding carboxylic acids is 2. The zero-order valence-electron chi connectivity index (χ0n) is 10.3. The lowest BCUT2D eigenvalue weighted by Crippen LogP contribution is -2.41. The highest BCUT2D eigenvalue weighted by Gasteiger charge is 2.07. The summed E-state index contributed by atoms with van der Waals surface area (Å²) >= 11 is 0. The molecule has 6 heteroatoms. The molecule has 18 heavy (non-hydrogen) atoms. The molecule has 0 unspecified atom stereocenters. The van der Waals surface area contributed by atoms with E-state index in [0.29, 0.717) is 6.54 Å². The maximum absolute atomic E-state index is 13.4. The predicted molar refractivity (Wildman–Crippen MR) is 66.8 cm³/mol. The van der Waals surface area contributed by atoms with Crippen LogP contribution in [0, 0.1) is 12.7 Å². The second-order valence-electron chi connectivity index (χ2n) is 3.74. The van der Waals surface area contributed by atoms with Crippen LogP contribution in [-0.2, 0) is 4.79 Å². The van der Waals surface area contributed by atoms with Gasteiger partial charge in [0.1, 0.15) is 5.82 Å². The number of hydrogen-bond acceptors (Lipinski definition) is 3. The van der Waals surface area contributed by atoms with Crippen molar-refractivity contribution < 1.29 is 14.0 Å². The van der Waals surface area contributed by atoms with Gasteiger partial charge in [-0.3, -0.25) is 10.1 Å². The highest BCUT2D eigenvalue weighted by molar-refractivity contribution is 5.96. The van der Waals surface area contributed by atoms with Crippen LogP contribution in [0.15, 0.2) is 18.2 Å². The van der Waals surface area contributed by atoms with E-state index in [9.17, 15) is 14.0 Å². The highest BCUT2D eigenvalue weighted by Crippen LogP contribution is 2.14. The molecule has 0 aliphatic carbocycles. The van der Waals surface area contributed by atoms with E-state index in [1.54, 1.807) is 26.0 Å². The lowest BCUT2D eigenvalue weighted by molar-refractivity contribution is -0.118. The summed E-state index contributed by atoms with van der Waals surface area (Å²) in [4.78, 5) is 22.4. The molecular weight excluding hydrogens is 237 g/mol. The van der Waals surface area contributed by atoms with Gasteiger partial charge in [-0.15, -0.1) is 0 Å². The van der Waals surface area contributed by atoms with Crippen LogP contribution in [-0.4, -0.2) is 25.0 Å². The summed E-state index contributed by atoms with van der Waals surface area (Å²) in [6.07, 6.45) is 0. The first-order valence-corrected chi connectivity index (χ1v) is 5.60. The van der Waals surface area contributed by atoms with Crippen molar-refractivity contribution >= 4 is 17.6 Å². The Morgan fingerprint density at radius 3 is 2.67 bits per heavy atom. The highest BCUT2D eigenvalue weighted by atomic mass is 19.1. The van der Waals surface area contributed by atoms with E-state index in [0.717, 1.165) is 5.56 Å². The Balaban J connectivity index is 2.45. The summed E-state index contributed by atoms with van der Waals surface area (Å²) in [6, 6.07) is 4.08. The smallest absolute Gasteiger partial charge is 0.321 e. The molecule has 0 saturated heterocycles. The molecule has 3 amide bonds. The van der Waals surface area contributed by atoms with E-state index in [-0.39, 0.29) is 12.2 Å². The van der Waals surface area contributed by atoms with Crippen molar-refractivity contribution in [3.63, 3.8) is 0 Å². The molecule has 1 aromatic rings. The van der Waals surface area contributed by atoms with Gasteiger partial charge in [-0.1, -0.05) is 6.07 Å². The van der Waals surface area contributed by atoms with Crippen LogP contribution < -0.4 is 16.0 Å². The number of hydrogen-bond donors (Lipinski definition) is 3. The van der Waals surface area contributed by atoms with Crippen molar-refractivity contribution in [1.29, 1.82) is 0 Å². The van der Waals surface area contributed by atoms with Gasteiger partial charge in [0.15, 0.2) is 0 Å². The molecular formula is C12H16FN3O2. The third-order valence-corrected chi connectivity index (χ3v) is 2.15. The topological polar surface area (TPSA) is 70.2 Å². The molecule has 0 saturated carbocycles. The average molecular weight is 253 g/mol. The second kappa shape index (κ2) is 6.58. The number of nitrogens with one attached hydrogen (secondary N) is 3. The SMILES string of the molecule is CCNC(=O)NC(=O)CNc1ccc(C)cc1F. The second-order valence-corrected chi connectivity index (χ2v) is 3.74. The summed E-state index contributed by atoms with van der Waals surface area (Å²) in [5.41, 5.74) is 1.02. The maximum atomic E-state index is 13.4. The molecule has 3 N–H and O–H groups in total. The van der Waals surface area contributed by atoms with Gasteiger partial charge in [-0.05, 0) is 31.5 Å². The molecule has 0 atom stereocenters. The zero-order chi connectivity index (χ0) is 13.5. The first-order chi connectivity index (χ1) is 8.52. The predicted octanol–water partition coefficient (Wildman–Crippen LogP) is 1.39. The summed E-state index contributed by atoms with van der Waals surface area (Å²) in [6.45, 7) is 3.77. The van der Waals surface area contributed by atoms with Crippen LogP contribution in [0.2, 0.25) is 0 Å². The first kappa shape index (κ1) is 14.0. The number of carbonyl (C=O) groups is 2. The molecule has 0 bridgehead atoms. The van der Waals surface area contributed by atoms with Crippen LogP contribution in [0.3, 0.4) is 0 Å². The van der Waals surface area contributed by atoms with Gasteiger partial charge in [-0.25, -0.2) is 9.18 Å². The standard InChI is InChI=1S/C12H16FN3O2/c1-3-14-12(18)16-11(17)7-15-10-5-4-8(2)6-9(10)13/h4-6,15H,3,7H2,1-2H3,(H2,14,16,17,18). The molecule has 1 rings (SSSR count). The molecule has 98 valence electrons. The summed E-state index contributed by atoms with van der Waals surface area (Å²) in [7, 11) is 0. The molecule has 0 fully saturated rings. The Morgan fingerprint density at radius 1 is 1.33 bits per heavy atom. The largest absolute Gasteiger partial charge is 0.374 e. The molecule has 0 aliphatic heterocycles. The summed E-state index contributed by atoms with van der Waals surface area (Å²) in [5, 5.41) is 7.15. The lowest BCUT2D eigenvalue weighted by Gasteiger charge is -2.08. The van der Waals surface area contributed by atoms with E-state index >= 15 is 0 Å². The molecule has 0 spiro atoms. The number of amides is 3. The minimum atomic E-state index is -0.561. The number of anilines is 1. The Labute approximate surface area is 105 Å². The van der Waals surface area contributed by atoms with Gasteiger partial charge < -0.3 is 10.6 Å². The number of rotatable bonds is 4. The van der Waals surface area contributed by atoms with E-state index in [1.807, 2.05) is 0 Å². The van der Waals surface area contributed by atoms with Crippen LogP contribution in [0.25, 0.3) is 0 Å². The van der Waals surface area contributed by atoms with Crippen LogP contribution in [0.4, 0.5) is 14.9 Å². The molecule has 1 aromatic carbocycles. The van der Waals surface area contributed by atoms with E-state index < -0.39 is 17.8 Å². The van der Waals surface area contributed by atoms with Gasteiger partial charge in [0, 0.05) is 6.54 Å². The van der Waals surface area contributed by atoms with Crippen molar-refractivity contribution in [2.45, 2.75) is 13.8 Å². The lowest BCUT2D eigenvalue weighted by atomic mass is 10.2. The van der Waals surface area contributed by atoms with Gasteiger partial charge in [-0.2, -0.15) is 0 Å². The Kier molecular flexibility index (Phi) is 5.10. The molecule has 5 nitrogen and oxygen atoms in total. The third-order valence-electron chi connectivity index (χ3n) is 2.15. The third kappa shape index (κ3) is 4.40. The van der Waals surface area contributed by atoms with Crippen molar-refractivity contribution in [1.82, 2.24) is 10.6 Å². The van der Waals surface area contributed by atoms with Gasteiger partial charge >= 0.3 is 6.03 Å². The fraction of sp³-hybridized carbons (Fsp3) is 0.333. The number of imide groups is 1. The number of aryl methyl sites for hydroxylation is 1. The van der Waals surface area contributed by atoms with Gasteiger partial charge in [0.05, 0.1) is 12.2 Å². The van der Waals surface area contributed by atoms with Crippen molar-refractivity contribution in [3.05, 3.63) is 29.6 Å². The fourth-order valence-corrected chi connectivity index (χ4v) is 1.31. The normalized spacial score (nSPS) is 9.72. The molecule has 0 aliphatic rings. The Morgan fingerprint density at radius 2 is 2.06 bits per heavy atom. The minimum Gasteiger partial charge on any atom is -0.374 e. The zero-order valence-corrected chi connectivity index (χ0v) is 10.3. The molecule has 0 heterocycles. The Bertz CT molecular complexity index is 449. The first-order valence-electron chi connectivity index (χ1n) is 5.60. The van der Waals surface area contributed by atoms with Crippen LogP contribution in [0.5, 0.6) is 0 Å². The fourth-order valence-electron chi connectivity index (χ4n) is 1.31. The van der Waals surface area contributed by atoms with Crippen molar-refractivity contribution in [2.24, 2.45) is 0 Å². The summed E-state index contributed by atoms with van der Waals surface area (Å²) in [5.74, 6) is -0.957. The van der Waals surface area contributed by atoms with Crippen molar-refractivity contribution in [2.75, 3.05) is 18.4 Å². The maximum Gasteiger partial charge on any atom is 0.321 e. The van der Waals surface area contributed by atoms with Crippen molar-refractivity contribution in [3.8, 4) is 0 Å². The number of halogens is 1. The molecule has 0 aromatic heterocycles. The monoisotopic (exact) mass is 253 g/mol. The quantitative estimate of drug-likeness (QED) is 0.759. The number of benzene rings is 1. The van der Waals surface area contributed by atoms with Gasteiger partial charge in [0.2, 0.25) is 5.91 Å². The van der Waals surface area contributed by atoms with Crippen LogP contribution in [0.1, 0.15) is 12.5 Å².